The molecule has 98 valence electrons. The van der Waals surface area contributed by atoms with Gasteiger partial charge in [-0.2, -0.15) is 0 Å². The Labute approximate surface area is 103 Å². The summed E-state index contributed by atoms with van der Waals surface area (Å²) in [5, 5.41) is 0. The molecule has 3 rings (SSSR count). The average Bonchev–Trinajstić information content (AvgIpc) is 2.62. The second-order valence-electron chi connectivity index (χ2n) is 6.42. The maximum absolute atomic E-state index is 6.00. The molecule has 1 saturated carbocycles. The largest absolute Gasteiger partial charge is 0.344 e. The van der Waals surface area contributed by atoms with Crippen molar-refractivity contribution in [2.75, 3.05) is 0 Å². The molecule has 0 radical (unpaired) electrons. The molecule has 2 heterocycles. The molecule has 0 aromatic rings. The van der Waals surface area contributed by atoms with Crippen LogP contribution in [0.5, 0.6) is 0 Å². The van der Waals surface area contributed by atoms with Gasteiger partial charge >= 0.3 is 0 Å². The molecule has 0 bridgehead atoms. The highest BCUT2D eigenvalue weighted by molar-refractivity contribution is 5.01. The van der Waals surface area contributed by atoms with Gasteiger partial charge in [-0.15, -0.1) is 0 Å². The van der Waals surface area contributed by atoms with Crippen LogP contribution in [-0.2, 0) is 18.9 Å². The van der Waals surface area contributed by atoms with Gasteiger partial charge in [-0.3, -0.25) is 0 Å². The van der Waals surface area contributed by atoms with Gasteiger partial charge < -0.3 is 18.9 Å². The van der Waals surface area contributed by atoms with Crippen LogP contribution >= 0.6 is 0 Å². The van der Waals surface area contributed by atoms with Crippen molar-refractivity contribution in [3.05, 3.63) is 0 Å². The zero-order valence-corrected chi connectivity index (χ0v) is 11.2. The van der Waals surface area contributed by atoms with Crippen LogP contribution in [-0.4, -0.2) is 36.0 Å². The summed E-state index contributed by atoms with van der Waals surface area (Å²) in [6.45, 7) is 10.1. The SMILES string of the molecule is C[C@H]1C[C@H]2OC(C)(C)O[C@H]2[C@@H]2OC(C)(C)O[C@@H]21. The standard InChI is InChI=1S/C13H22O4/c1-7-6-8-10(16-12(2,3)14-8)11-9(7)15-13(4,5)17-11/h7-11H,6H2,1-5H3/t7-,8+,9+,10+,11+/m0/s1. The van der Waals surface area contributed by atoms with E-state index in [-0.39, 0.29) is 24.4 Å². The maximum Gasteiger partial charge on any atom is 0.163 e. The Morgan fingerprint density at radius 2 is 1.29 bits per heavy atom. The van der Waals surface area contributed by atoms with Crippen LogP contribution in [0.1, 0.15) is 41.0 Å². The van der Waals surface area contributed by atoms with Crippen molar-refractivity contribution in [2.45, 2.75) is 77.0 Å². The van der Waals surface area contributed by atoms with Gasteiger partial charge in [0, 0.05) is 0 Å². The maximum atomic E-state index is 6.00. The number of ether oxygens (including phenoxy) is 4. The molecule has 2 saturated heterocycles. The van der Waals surface area contributed by atoms with Crippen LogP contribution in [0, 0.1) is 5.92 Å². The van der Waals surface area contributed by atoms with Crippen LogP contribution in [0.25, 0.3) is 0 Å². The summed E-state index contributed by atoms with van der Waals surface area (Å²) in [6.07, 6.45) is 1.25. The van der Waals surface area contributed by atoms with Crippen LogP contribution in [0.4, 0.5) is 0 Å². The summed E-state index contributed by atoms with van der Waals surface area (Å²) >= 11 is 0. The lowest BCUT2D eigenvalue weighted by atomic mass is 9.82. The van der Waals surface area contributed by atoms with E-state index in [1.54, 1.807) is 0 Å². The van der Waals surface area contributed by atoms with Crippen molar-refractivity contribution in [3.8, 4) is 0 Å². The van der Waals surface area contributed by atoms with E-state index in [4.69, 9.17) is 18.9 Å². The smallest absolute Gasteiger partial charge is 0.163 e. The molecular formula is C13H22O4. The van der Waals surface area contributed by atoms with Gasteiger partial charge in [-0.05, 0) is 40.0 Å². The van der Waals surface area contributed by atoms with E-state index >= 15 is 0 Å². The molecule has 17 heavy (non-hydrogen) atoms. The Bertz CT molecular complexity index is 325. The molecule has 3 aliphatic rings. The molecule has 0 amide bonds. The highest BCUT2D eigenvalue weighted by atomic mass is 16.8. The lowest BCUT2D eigenvalue weighted by Gasteiger charge is -2.35. The summed E-state index contributed by atoms with van der Waals surface area (Å²) in [4.78, 5) is 0. The van der Waals surface area contributed by atoms with Crippen LogP contribution < -0.4 is 0 Å². The molecule has 4 heteroatoms. The van der Waals surface area contributed by atoms with Crippen LogP contribution in [0.15, 0.2) is 0 Å². The van der Waals surface area contributed by atoms with Crippen molar-refractivity contribution in [3.63, 3.8) is 0 Å². The fourth-order valence-corrected chi connectivity index (χ4v) is 3.34. The molecule has 5 atom stereocenters. The predicted molar refractivity (Wildman–Crippen MR) is 61.4 cm³/mol. The quantitative estimate of drug-likeness (QED) is 0.651. The summed E-state index contributed by atoms with van der Waals surface area (Å²) in [7, 11) is 0. The molecule has 4 nitrogen and oxygen atoms in total. The highest BCUT2D eigenvalue weighted by Gasteiger charge is 2.58. The zero-order chi connectivity index (χ0) is 12.4. The van der Waals surface area contributed by atoms with E-state index in [0.717, 1.165) is 6.42 Å². The summed E-state index contributed by atoms with van der Waals surface area (Å²) in [6, 6.07) is 0. The van der Waals surface area contributed by atoms with Crippen molar-refractivity contribution in [1.82, 2.24) is 0 Å². The van der Waals surface area contributed by atoms with Gasteiger partial charge in [-0.1, -0.05) is 6.92 Å². The Balaban J connectivity index is 1.86. The first kappa shape index (κ1) is 11.9. The number of hydrogen-bond acceptors (Lipinski definition) is 4. The van der Waals surface area contributed by atoms with Gasteiger partial charge in [0.05, 0.1) is 12.2 Å². The lowest BCUT2D eigenvalue weighted by Crippen LogP contribution is -2.50. The van der Waals surface area contributed by atoms with E-state index < -0.39 is 11.6 Å². The Hall–Kier alpha value is -0.160. The highest BCUT2D eigenvalue weighted by Crippen LogP contribution is 2.46. The first-order valence-corrected chi connectivity index (χ1v) is 6.49. The number of rotatable bonds is 0. The third-order valence-corrected chi connectivity index (χ3v) is 3.87. The van der Waals surface area contributed by atoms with Gasteiger partial charge in [-0.25, -0.2) is 0 Å². The third kappa shape index (κ3) is 1.91. The van der Waals surface area contributed by atoms with Crippen molar-refractivity contribution in [2.24, 2.45) is 5.92 Å². The van der Waals surface area contributed by atoms with Gasteiger partial charge in [0.2, 0.25) is 0 Å². The fourth-order valence-electron chi connectivity index (χ4n) is 3.34. The van der Waals surface area contributed by atoms with Gasteiger partial charge in [0.1, 0.15) is 12.2 Å². The topological polar surface area (TPSA) is 36.9 Å². The molecule has 0 unspecified atom stereocenters. The predicted octanol–water partition coefficient (Wildman–Crippen LogP) is 2.07. The minimum atomic E-state index is -0.505. The normalized spacial score (nSPS) is 51.0. The van der Waals surface area contributed by atoms with E-state index in [9.17, 15) is 0 Å². The second kappa shape index (κ2) is 3.44. The zero-order valence-electron chi connectivity index (χ0n) is 11.2. The Kier molecular flexibility index (Phi) is 2.41. The molecule has 2 aliphatic heterocycles. The Morgan fingerprint density at radius 3 is 2.00 bits per heavy atom. The van der Waals surface area contributed by atoms with Crippen LogP contribution in [0.3, 0.4) is 0 Å². The van der Waals surface area contributed by atoms with Gasteiger partial charge in [0.25, 0.3) is 0 Å². The molecule has 0 aromatic heterocycles. The molecule has 0 aromatic carbocycles. The summed E-state index contributed by atoms with van der Waals surface area (Å²) in [5.41, 5.74) is 0. The molecule has 0 N–H and O–H groups in total. The average molecular weight is 242 g/mol. The Morgan fingerprint density at radius 1 is 0.765 bits per heavy atom. The van der Waals surface area contributed by atoms with E-state index in [2.05, 4.69) is 6.92 Å². The second-order valence-corrected chi connectivity index (χ2v) is 6.42. The summed E-state index contributed by atoms with van der Waals surface area (Å²) < 4.78 is 23.9. The lowest BCUT2D eigenvalue weighted by molar-refractivity contribution is -0.176. The van der Waals surface area contributed by atoms with Crippen molar-refractivity contribution < 1.29 is 18.9 Å². The molecule has 3 fully saturated rings. The monoisotopic (exact) mass is 242 g/mol. The van der Waals surface area contributed by atoms with Crippen molar-refractivity contribution >= 4 is 0 Å². The van der Waals surface area contributed by atoms with Gasteiger partial charge in [0.15, 0.2) is 11.6 Å². The first-order chi connectivity index (χ1) is 7.77. The number of hydrogen-bond donors (Lipinski definition) is 0. The van der Waals surface area contributed by atoms with Crippen LogP contribution in [0.2, 0.25) is 0 Å². The molecule has 0 spiro atoms. The molecule has 1 aliphatic carbocycles. The molecular weight excluding hydrogens is 220 g/mol. The van der Waals surface area contributed by atoms with E-state index in [1.807, 2.05) is 27.7 Å². The van der Waals surface area contributed by atoms with E-state index in [0.29, 0.717) is 5.92 Å². The number of fused-ring (bicyclic) bond motifs is 3. The van der Waals surface area contributed by atoms with E-state index in [1.165, 1.54) is 0 Å². The minimum absolute atomic E-state index is 0.000486. The fraction of sp³-hybridized carbons (Fsp3) is 1.00. The first-order valence-electron chi connectivity index (χ1n) is 6.49. The summed E-state index contributed by atoms with van der Waals surface area (Å²) in [5.74, 6) is -0.560. The minimum Gasteiger partial charge on any atom is -0.344 e. The third-order valence-electron chi connectivity index (χ3n) is 3.87. The van der Waals surface area contributed by atoms with Crippen molar-refractivity contribution in [1.29, 1.82) is 0 Å².